The molecule has 2 heterocycles. The molecule has 0 atom stereocenters. The molecule has 0 radical (unpaired) electrons. The maximum absolute atomic E-state index is 13.0. The summed E-state index contributed by atoms with van der Waals surface area (Å²) >= 11 is 0. The number of carbonyl (C=O) groups is 1. The van der Waals surface area contributed by atoms with E-state index in [9.17, 15) is 9.90 Å². The Morgan fingerprint density at radius 3 is 2.33 bits per heavy atom. The number of hydrogen-bond acceptors (Lipinski definition) is 4. The van der Waals surface area contributed by atoms with E-state index in [2.05, 4.69) is 4.90 Å². The van der Waals surface area contributed by atoms with Crippen molar-refractivity contribution in [2.75, 3.05) is 39.4 Å². The highest BCUT2D eigenvalue weighted by atomic mass is 16.5. The first kappa shape index (κ1) is 18.0. The van der Waals surface area contributed by atoms with Gasteiger partial charge in [0.05, 0.1) is 13.2 Å². The van der Waals surface area contributed by atoms with Crippen molar-refractivity contribution in [3.63, 3.8) is 0 Å². The molecule has 2 aliphatic rings. The minimum Gasteiger partial charge on any atom is -0.508 e. The fourth-order valence-electron chi connectivity index (χ4n) is 4.04. The Labute approximate surface area is 160 Å². The van der Waals surface area contributed by atoms with Gasteiger partial charge in [-0.1, -0.05) is 24.3 Å². The molecule has 0 aliphatic carbocycles. The molecule has 1 amide bonds. The van der Waals surface area contributed by atoms with Crippen molar-refractivity contribution in [1.82, 2.24) is 9.80 Å². The van der Waals surface area contributed by atoms with Crippen LogP contribution in [0, 0.1) is 0 Å². The summed E-state index contributed by atoms with van der Waals surface area (Å²) in [6.07, 6.45) is 2.06. The SMILES string of the molecule is O=C(c1cccc(-c2ccc(O)cc2)c1)N1CCC(N2CCOCC2)CC1. The standard InChI is InChI=1S/C22H26N2O3/c25-21-6-4-17(5-7-21)18-2-1-3-19(16-18)22(26)24-10-8-20(9-11-24)23-12-14-27-15-13-23/h1-7,16,20,25H,8-15H2. The van der Waals surface area contributed by atoms with Crippen LogP contribution in [0.15, 0.2) is 48.5 Å². The first-order valence-corrected chi connectivity index (χ1v) is 9.71. The van der Waals surface area contributed by atoms with E-state index >= 15 is 0 Å². The number of benzene rings is 2. The normalized spacial score (nSPS) is 19.2. The fourth-order valence-corrected chi connectivity index (χ4v) is 4.04. The molecule has 2 aliphatic heterocycles. The second-order valence-corrected chi connectivity index (χ2v) is 7.30. The van der Waals surface area contributed by atoms with Gasteiger partial charge in [0.2, 0.25) is 0 Å². The highest BCUT2D eigenvalue weighted by molar-refractivity contribution is 5.95. The second-order valence-electron chi connectivity index (χ2n) is 7.30. The molecule has 2 aromatic rings. The summed E-state index contributed by atoms with van der Waals surface area (Å²) in [5.41, 5.74) is 2.71. The lowest BCUT2D eigenvalue weighted by Crippen LogP contribution is -2.50. The van der Waals surface area contributed by atoms with E-state index < -0.39 is 0 Å². The lowest BCUT2D eigenvalue weighted by molar-refractivity contribution is 0.00159. The minimum absolute atomic E-state index is 0.107. The Hall–Kier alpha value is -2.37. The number of rotatable bonds is 3. The number of piperidine rings is 1. The van der Waals surface area contributed by atoms with E-state index in [1.54, 1.807) is 12.1 Å². The third-order valence-electron chi connectivity index (χ3n) is 5.62. The summed E-state index contributed by atoms with van der Waals surface area (Å²) in [4.78, 5) is 17.5. The molecule has 0 aromatic heterocycles. The zero-order chi connectivity index (χ0) is 18.6. The molecule has 1 N–H and O–H groups in total. The summed E-state index contributed by atoms with van der Waals surface area (Å²) in [6, 6.07) is 15.4. The minimum atomic E-state index is 0.107. The average Bonchev–Trinajstić information content (AvgIpc) is 2.75. The van der Waals surface area contributed by atoms with Crippen molar-refractivity contribution >= 4 is 5.91 Å². The third-order valence-corrected chi connectivity index (χ3v) is 5.62. The lowest BCUT2D eigenvalue weighted by atomic mass is 10.00. The molecule has 0 spiro atoms. The number of amides is 1. The van der Waals surface area contributed by atoms with Gasteiger partial charge in [0.1, 0.15) is 5.75 Å². The molecular formula is C22H26N2O3. The third kappa shape index (κ3) is 4.15. The van der Waals surface area contributed by atoms with Crippen molar-refractivity contribution in [1.29, 1.82) is 0 Å². The van der Waals surface area contributed by atoms with Gasteiger partial charge >= 0.3 is 0 Å². The van der Waals surface area contributed by atoms with E-state index in [1.165, 1.54) is 0 Å². The van der Waals surface area contributed by atoms with Crippen LogP contribution < -0.4 is 0 Å². The summed E-state index contributed by atoms with van der Waals surface area (Å²) in [6.45, 7) is 5.28. The fraction of sp³-hybridized carbons (Fsp3) is 0.409. The van der Waals surface area contributed by atoms with Crippen molar-refractivity contribution in [3.05, 3.63) is 54.1 Å². The predicted octanol–water partition coefficient (Wildman–Crippen LogP) is 3.00. The van der Waals surface area contributed by atoms with Gasteiger partial charge in [-0.15, -0.1) is 0 Å². The maximum atomic E-state index is 13.0. The first-order chi connectivity index (χ1) is 13.2. The summed E-state index contributed by atoms with van der Waals surface area (Å²) in [5.74, 6) is 0.352. The molecule has 0 saturated carbocycles. The number of phenolic OH excluding ortho intramolecular Hbond substituents is 1. The molecule has 27 heavy (non-hydrogen) atoms. The maximum Gasteiger partial charge on any atom is 0.253 e. The number of morpholine rings is 1. The van der Waals surface area contributed by atoms with Gasteiger partial charge < -0.3 is 14.7 Å². The zero-order valence-corrected chi connectivity index (χ0v) is 15.5. The average molecular weight is 366 g/mol. The summed E-state index contributed by atoms with van der Waals surface area (Å²) in [7, 11) is 0. The second kappa shape index (κ2) is 8.11. The molecule has 4 rings (SSSR count). The van der Waals surface area contributed by atoms with Crippen molar-refractivity contribution in [3.8, 4) is 16.9 Å². The Bertz CT molecular complexity index is 776. The van der Waals surface area contributed by atoms with E-state index in [4.69, 9.17) is 4.74 Å². The number of ether oxygens (including phenoxy) is 1. The van der Waals surface area contributed by atoms with Crippen molar-refractivity contribution < 1.29 is 14.6 Å². The van der Waals surface area contributed by atoms with Crippen molar-refractivity contribution in [2.24, 2.45) is 0 Å². The highest BCUT2D eigenvalue weighted by Gasteiger charge is 2.28. The van der Waals surface area contributed by atoms with Gasteiger partial charge in [0, 0.05) is 37.8 Å². The van der Waals surface area contributed by atoms with Crippen LogP contribution in [0.2, 0.25) is 0 Å². The molecule has 2 fully saturated rings. The smallest absolute Gasteiger partial charge is 0.253 e. The number of nitrogens with zero attached hydrogens (tertiary/aromatic N) is 2. The van der Waals surface area contributed by atoms with Crippen LogP contribution >= 0.6 is 0 Å². The van der Waals surface area contributed by atoms with Crippen molar-refractivity contribution in [2.45, 2.75) is 18.9 Å². The molecule has 142 valence electrons. The Kier molecular flexibility index (Phi) is 5.41. The molecule has 2 aromatic carbocycles. The van der Waals surface area contributed by atoms with Crippen LogP contribution in [0.5, 0.6) is 5.75 Å². The number of phenols is 1. The quantitative estimate of drug-likeness (QED) is 0.907. The zero-order valence-electron chi connectivity index (χ0n) is 15.5. The number of aromatic hydroxyl groups is 1. The van der Waals surface area contributed by atoms with Crippen LogP contribution in [0.25, 0.3) is 11.1 Å². The largest absolute Gasteiger partial charge is 0.508 e. The van der Waals surface area contributed by atoms with Gasteiger partial charge in [-0.2, -0.15) is 0 Å². The van der Waals surface area contributed by atoms with Crippen LogP contribution in [-0.4, -0.2) is 66.2 Å². The van der Waals surface area contributed by atoms with Gasteiger partial charge in [-0.05, 0) is 48.2 Å². The van der Waals surface area contributed by atoms with Crippen LogP contribution in [0.1, 0.15) is 23.2 Å². The Morgan fingerprint density at radius 1 is 0.926 bits per heavy atom. The molecule has 2 saturated heterocycles. The first-order valence-electron chi connectivity index (χ1n) is 9.71. The highest BCUT2D eigenvalue weighted by Crippen LogP contribution is 2.24. The van der Waals surface area contributed by atoms with Crippen LogP contribution in [0.4, 0.5) is 0 Å². The van der Waals surface area contributed by atoms with Gasteiger partial charge in [0.15, 0.2) is 0 Å². The monoisotopic (exact) mass is 366 g/mol. The molecular weight excluding hydrogens is 340 g/mol. The molecule has 5 heteroatoms. The van der Waals surface area contributed by atoms with E-state index in [0.29, 0.717) is 6.04 Å². The lowest BCUT2D eigenvalue weighted by Gasteiger charge is -2.40. The van der Waals surface area contributed by atoms with Gasteiger partial charge in [-0.25, -0.2) is 0 Å². The number of likely N-dealkylation sites (tertiary alicyclic amines) is 1. The van der Waals surface area contributed by atoms with E-state index in [0.717, 1.165) is 68.9 Å². The summed E-state index contributed by atoms with van der Waals surface area (Å²) in [5, 5.41) is 9.46. The predicted molar refractivity (Wildman–Crippen MR) is 105 cm³/mol. The topological polar surface area (TPSA) is 53.0 Å². The summed E-state index contributed by atoms with van der Waals surface area (Å²) < 4.78 is 5.44. The van der Waals surface area contributed by atoms with E-state index in [-0.39, 0.29) is 11.7 Å². The number of hydrogen-bond donors (Lipinski definition) is 1. The van der Waals surface area contributed by atoms with E-state index in [1.807, 2.05) is 41.3 Å². The molecule has 0 bridgehead atoms. The molecule has 5 nitrogen and oxygen atoms in total. The molecule has 0 unspecified atom stereocenters. The Morgan fingerprint density at radius 2 is 1.63 bits per heavy atom. The van der Waals surface area contributed by atoms with Gasteiger partial charge in [-0.3, -0.25) is 9.69 Å². The van der Waals surface area contributed by atoms with Crippen LogP contribution in [0.3, 0.4) is 0 Å². The Balaban J connectivity index is 1.41. The van der Waals surface area contributed by atoms with Crippen LogP contribution in [-0.2, 0) is 4.74 Å². The number of carbonyl (C=O) groups excluding carboxylic acids is 1. The van der Waals surface area contributed by atoms with Gasteiger partial charge in [0.25, 0.3) is 5.91 Å².